The smallest absolute Gasteiger partial charge is 0.253 e. The molecule has 4 heteroatoms. The number of carbonyl (C=O) groups is 1. The van der Waals surface area contributed by atoms with Gasteiger partial charge in [0.15, 0.2) is 0 Å². The van der Waals surface area contributed by atoms with Crippen molar-refractivity contribution < 1.29 is 9.53 Å². The minimum absolute atomic E-state index is 0.00984. The van der Waals surface area contributed by atoms with Crippen molar-refractivity contribution in [2.24, 2.45) is 0 Å². The number of rotatable bonds is 6. The van der Waals surface area contributed by atoms with Crippen molar-refractivity contribution in [2.45, 2.75) is 19.4 Å². The van der Waals surface area contributed by atoms with E-state index in [0.29, 0.717) is 5.56 Å². The van der Waals surface area contributed by atoms with Crippen LogP contribution in [0, 0.1) is 0 Å². The quantitative estimate of drug-likeness (QED) is 0.652. The Kier molecular flexibility index (Phi) is 5.87. The van der Waals surface area contributed by atoms with Crippen molar-refractivity contribution in [2.75, 3.05) is 14.2 Å². The first-order chi connectivity index (χ1) is 13.1. The summed E-state index contributed by atoms with van der Waals surface area (Å²) in [6.45, 7) is 2.04. The SMILES string of the molecule is COc1cccc(-c2ccc(C(=O)N(C)C(C)Cc3ccccn3)cc2)c1. The van der Waals surface area contributed by atoms with Crippen molar-refractivity contribution in [1.82, 2.24) is 9.88 Å². The number of ether oxygens (including phenoxy) is 1. The maximum atomic E-state index is 12.8. The third kappa shape index (κ3) is 4.53. The van der Waals surface area contributed by atoms with Crippen LogP contribution in [-0.2, 0) is 6.42 Å². The van der Waals surface area contributed by atoms with Crippen LogP contribution in [0.25, 0.3) is 11.1 Å². The van der Waals surface area contributed by atoms with E-state index in [1.54, 1.807) is 18.2 Å². The van der Waals surface area contributed by atoms with Gasteiger partial charge in [0, 0.05) is 37.0 Å². The number of amides is 1. The van der Waals surface area contributed by atoms with Crippen LogP contribution in [0.1, 0.15) is 23.0 Å². The largest absolute Gasteiger partial charge is 0.497 e. The minimum Gasteiger partial charge on any atom is -0.497 e. The molecule has 0 fully saturated rings. The Labute approximate surface area is 160 Å². The van der Waals surface area contributed by atoms with Gasteiger partial charge in [0.25, 0.3) is 5.91 Å². The summed E-state index contributed by atoms with van der Waals surface area (Å²) in [5.41, 5.74) is 3.77. The summed E-state index contributed by atoms with van der Waals surface area (Å²) >= 11 is 0. The molecule has 0 spiro atoms. The normalized spacial score (nSPS) is 11.7. The standard InChI is InChI=1S/C23H24N2O2/c1-17(15-21-8-4-5-14-24-21)25(2)23(26)19-12-10-18(11-13-19)20-7-6-9-22(16-20)27-3/h4-14,16-17H,15H2,1-3H3. The average Bonchev–Trinajstić information content (AvgIpc) is 2.73. The van der Waals surface area contributed by atoms with E-state index in [-0.39, 0.29) is 11.9 Å². The topological polar surface area (TPSA) is 42.4 Å². The molecule has 3 aromatic rings. The fraction of sp³-hybridized carbons (Fsp3) is 0.217. The van der Waals surface area contributed by atoms with Crippen molar-refractivity contribution in [3.05, 3.63) is 84.2 Å². The molecular weight excluding hydrogens is 336 g/mol. The summed E-state index contributed by atoms with van der Waals surface area (Å²) in [7, 11) is 3.49. The Morgan fingerprint density at radius 2 is 1.81 bits per heavy atom. The number of pyridine rings is 1. The zero-order chi connectivity index (χ0) is 19.2. The number of nitrogens with zero attached hydrogens (tertiary/aromatic N) is 2. The van der Waals surface area contributed by atoms with Crippen molar-refractivity contribution in [3.63, 3.8) is 0 Å². The fourth-order valence-electron chi connectivity index (χ4n) is 2.97. The zero-order valence-corrected chi connectivity index (χ0v) is 15.9. The molecular formula is C23H24N2O2. The van der Waals surface area contributed by atoms with E-state index < -0.39 is 0 Å². The molecule has 2 aromatic carbocycles. The molecule has 1 amide bonds. The van der Waals surface area contributed by atoms with E-state index in [9.17, 15) is 4.79 Å². The van der Waals surface area contributed by atoms with E-state index in [1.165, 1.54) is 0 Å². The Morgan fingerprint density at radius 1 is 1.04 bits per heavy atom. The van der Waals surface area contributed by atoms with Gasteiger partial charge in [-0.15, -0.1) is 0 Å². The highest BCUT2D eigenvalue weighted by Gasteiger charge is 2.18. The first kappa shape index (κ1) is 18.6. The van der Waals surface area contributed by atoms with Crippen LogP contribution >= 0.6 is 0 Å². The molecule has 0 aliphatic carbocycles. The van der Waals surface area contributed by atoms with Gasteiger partial charge in [-0.05, 0) is 54.4 Å². The zero-order valence-electron chi connectivity index (χ0n) is 15.9. The molecule has 0 bridgehead atoms. The summed E-state index contributed by atoms with van der Waals surface area (Å²) in [5, 5.41) is 0. The van der Waals surface area contributed by atoms with E-state index in [2.05, 4.69) is 4.98 Å². The van der Waals surface area contributed by atoms with Gasteiger partial charge in [-0.2, -0.15) is 0 Å². The number of aromatic nitrogens is 1. The molecule has 1 unspecified atom stereocenters. The van der Waals surface area contributed by atoms with Crippen molar-refractivity contribution in [3.8, 4) is 16.9 Å². The van der Waals surface area contributed by atoms with E-state index >= 15 is 0 Å². The number of carbonyl (C=O) groups excluding carboxylic acids is 1. The molecule has 0 saturated heterocycles. The Morgan fingerprint density at radius 3 is 2.48 bits per heavy atom. The van der Waals surface area contributed by atoms with Gasteiger partial charge >= 0.3 is 0 Å². The predicted octanol–water partition coefficient (Wildman–Crippen LogP) is 4.46. The van der Waals surface area contributed by atoms with Crippen LogP contribution in [-0.4, -0.2) is 36.0 Å². The Hall–Kier alpha value is -3.14. The summed E-state index contributed by atoms with van der Waals surface area (Å²) in [4.78, 5) is 18.9. The van der Waals surface area contributed by atoms with Crippen LogP contribution in [0.3, 0.4) is 0 Å². The highest BCUT2D eigenvalue weighted by Crippen LogP contribution is 2.24. The van der Waals surface area contributed by atoms with Crippen LogP contribution in [0.4, 0.5) is 0 Å². The second kappa shape index (κ2) is 8.49. The third-order valence-electron chi connectivity index (χ3n) is 4.75. The van der Waals surface area contributed by atoms with E-state index in [1.807, 2.05) is 80.7 Å². The monoisotopic (exact) mass is 360 g/mol. The summed E-state index contributed by atoms with van der Waals surface area (Å²) in [6.07, 6.45) is 2.51. The number of benzene rings is 2. The maximum absolute atomic E-state index is 12.8. The third-order valence-corrected chi connectivity index (χ3v) is 4.75. The van der Waals surface area contributed by atoms with Crippen molar-refractivity contribution in [1.29, 1.82) is 0 Å². The number of hydrogen-bond donors (Lipinski definition) is 0. The molecule has 0 saturated carbocycles. The van der Waals surface area contributed by atoms with E-state index in [4.69, 9.17) is 4.74 Å². The highest BCUT2D eigenvalue weighted by molar-refractivity contribution is 5.94. The predicted molar refractivity (Wildman–Crippen MR) is 108 cm³/mol. The van der Waals surface area contributed by atoms with Crippen LogP contribution in [0.5, 0.6) is 5.75 Å². The summed E-state index contributed by atoms with van der Waals surface area (Å²) in [5.74, 6) is 0.825. The van der Waals surface area contributed by atoms with Crippen LogP contribution < -0.4 is 4.74 Å². The lowest BCUT2D eigenvalue weighted by Crippen LogP contribution is -2.36. The van der Waals surface area contributed by atoms with Crippen molar-refractivity contribution >= 4 is 5.91 Å². The highest BCUT2D eigenvalue weighted by atomic mass is 16.5. The Balaban J connectivity index is 1.71. The molecule has 0 aliphatic heterocycles. The van der Waals surface area contributed by atoms with Gasteiger partial charge in [0.2, 0.25) is 0 Å². The lowest BCUT2D eigenvalue weighted by atomic mass is 10.0. The summed E-state index contributed by atoms with van der Waals surface area (Å²) < 4.78 is 5.28. The number of hydrogen-bond acceptors (Lipinski definition) is 3. The molecule has 1 aromatic heterocycles. The molecule has 138 valence electrons. The molecule has 1 atom stereocenters. The minimum atomic E-state index is 0.00984. The van der Waals surface area contributed by atoms with Gasteiger partial charge in [0.1, 0.15) is 5.75 Å². The first-order valence-corrected chi connectivity index (χ1v) is 9.00. The summed E-state index contributed by atoms with van der Waals surface area (Å²) in [6, 6.07) is 21.5. The van der Waals surface area contributed by atoms with E-state index in [0.717, 1.165) is 29.0 Å². The van der Waals surface area contributed by atoms with Gasteiger partial charge in [-0.1, -0.05) is 30.3 Å². The van der Waals surface area contributed by atoms with Crippen LogP contribution in [0.2, 0.25) is 0 Å². The van der Waals surface area contributed by atoms with Gasteiger partial charge in [-0.25, -0.2) is 0 Å². The second-order valence-corrected chi connectivity index (χ2v) is 6.60. The molecule has 1 heterocycles. The maximum Gasteiger partial charge on any atom is 0.253 e. The molecule has 4 nitrogen and oxygen atoms in total. The Bertz CT molecular complexity index is 892. The second-order valence-electron chi connectivity index (χ2n) is 6.60. The molecule has 0 aliphatic rings. The molecule has 3 rings (SSSR count). The lowest BCUT2D eigenvalue weighted by molar-refractivity contribution is 0.0743. The lowest BCUT2D eigenvalue weighted by Gasteiger charge is -2.25. The number of methoxy groups -OCH3 is 1. The molecule has 27 heavy (non-hydrogen) atoms. The fourth-order valence-corrected chi connectivity index (χ4v) is 2.97. The first-order valence-electron chi connectivity index (χ1n) is 9.00. The van der Waals surface area contributed by atoms with Crippen LogP contribution in [0.15, 0.2) is 72.9 Å². The van der Waals surface area contributed by atoms with Gasteiger partial charge in [-0.3, -0.25) is 9.78 Å². The van der Waals surface area contributed by atoms with Gasteiger partial charge < -0.3 is 9.64 Å². The molecule has 0 N–H and O–H groups in total. The average molecular weight is 360 g/mol. The molecule has 0 radical (unpaired) electrons. The number of likely N-dealkylation sites (N-methyl/N-ethyl adjacent to an activating group) is 1. The van der Waals surface area contributed by atoms with Gasteiger partial charge in [0.05, 0.1) is 7.11 Å².